The average molecular weight is 375 g/mol. The molecule has 1 aromatic carbocycles. The number of nitrogens with one attached hydrogen (secondary N) is 1. The molecule has 3 aliphatic rings. The van der Waals surface area contributed by atoms with Gasteiger partial charge in [0.05, 0.1) is 4.90 Å². The third kappa shape index (κ3) is 3.32. The molecule has 2 fully saturated rings. The summed E-state index contributed by atoms with van der Waals surface area (Å²) in [6.07, 6.45) is 8.38. The fraction of sp³-hybridized carbons (Fsp3) is 0.550. The van der Waals surface area contributed by atoms with E-state index >= 15 is 0 Å². The fourth-order valence-electron chi connectivity index (χ4n) is 4.54. The summed E-state index contributed by atoms with van der Waals surface area (Å²) < 4.78 is 27.2. The quantitative estimate of drug-likeness (QED) is 0.823. The van der Waals surface area contributed by atoms with E-state index < -0.39 is 10.0 Å². The minimum Gasteiger partial charge on any atom is -0.326 e. The van der Waals surface area contributed by atoms with Crippen molar-refractivity contribution in [1.82, 2.24) is 4.31 Å². The van der Waals surface area contributed by atoms with Crippen molar-refractivity contribution in [3.63, 3.8) is 0 Å². The van der Waals surface area contributed by atoms with Gasteiger partial charge in [-0.1, -0.05) is 19.1 Å². The van der Waals surface area contributed by atoms with Crippen LogP contribution >= 0.6 is 0 Å². The number of carbonyl (C=O) groups is 1. The molecule has 1 heterocycles. The van der Waals surface area contributed by atoms with Crippen molar-refractivity contribution in [3.05, 3.63) is 36.4 Å². The Balaban J connectivity index is 1.43. The van der Waals surface area contributed by atoms with Crippen molar-refractivity contribution in [1.29, 1.82) is 0 Å². The van der Waals surface area contributed by atoms with Crippen molar-refractivity contribution in [2.75, 3.05) is 18.4 Å². The highest BCUT2D eigenvalue weighted by Crippen LogP contribution is 2.43. The molecule has 0 spiro atoms. The van der Waals surface area contributed by atoms with E-state index in [2.05, 4.69) is 24.4 Å². The van der Waals surface area contributed by atoms with Gasteiger partial charge in [-0.2, -0.15) is 4.31 Å². The van der Waals surface area contributed by atoms with E-state index in [1.54, 1.807) is 28.6 Å². The van der Waals surface area contributed by atoms with E-state index in [4.69, 9.17) is 0 Å². The summed E-state index contributed by atoms with van der Waals surface area (Å²) in [5, 5.41) is 2.95. The van der Waals surface area contributed by atoms with Gasteiger partial charge in [-0.05, 0) is 67.7 Å². The van der Waals surface area contributed by atoms with Crippen LogP contribution in [-0.2, 0) is 14.8 Å². The van der Waals surface area contributed by atoms with Gasteiger partial charge in [0.1, 0.15) is 0 Å². The predicted octanol–water partition coefficient (Wildman–Crippen LogP) is 3.26. The van der Waals surface area contributed by atoms with Crippen LogP contribution in [0.2, 0.25) is 0 Å². The van der Waals surface area contributed by atoms with Gasteiger partial charge in [-0.15, -0.1) is 0 Å². The summed E-state index contributed by atoms with van der Waals surface area (Å²) in [6, 6.07) is 6.60. The van der Waals surface area contributed by atoms with E-state index in [9.17, 15) is 13.2 Å². The molecule has 26 heavy (non-hydrogen) atoms. The smallest absolute Gasteiger partial charge is 0.243 e. The van der Waals surface area contributed by atoms with E-state index in [1.165, 1.54) is 0 Å². The zero-order valence-electron chi connectivity index (χ0n) is 15.1. The molecular formula is C20H26N2O3S. The number of allylic oxidation sites excluding steroid dienone is 2. The number of piperidine rings is 1. The molecule has 140 valence electrons. The Morgan fingerprint density at radius 2 is 1.92 bits per heavy atom. The molecule has 6 heteroatoms. The molecule has 1 amide bonds. The summed E-state index contributed by atoms with van der Waals surface area (Å²) in [5.74, 6) is 1.40. The van der Waals surface area contributed by atoms with Crippen LogP contribution in [0.4, 0.5) is 5.69 Å². The van der Waals surface area contributed by atoms with Gasteiger partial charge < -0.3 is 5.32 Å². The van der Waals surface area contributed by atoms with Gasteiger partial charge in [-0.25, -0.2) is 8.42 Å². The van der Waals surface area contributed by atoms with E-state index in [0.717, 1.165) is 25.7 Å². The first-order valence-electron chi connectivity index (χ1n) is 9.53. The zero-order chi connectivity index (χ0) is 18.3. The summed E-state index contributed by atoms with van der Waals surface area (Å²) in [5.41, 5.74) is 0.660. The number of fused-ring (bicyclic) bond motifs is 2. The average Bonchev–Trinajstić information content (AvgIpc) is 3.25. The Labute approximate surface area is 155 Å². The molecule has 0 aromatic heterocycles. The van der Waals surface area contributed by atoms with Crippen LogP contribution in [-0.4, -0.2) is 31.7 Å². The molecule has 1 saturated heterocycles. The molecule has 1 saturated carbocycles. The zero-order valence-corrected chi connectivity index (χ0v) is 15.9. The molecule has 1 aromatic rings. The molecule has 4 rings (SSSR count). The Bertz CT molecular complexity index is 816. The minimum atomic E-state index is -3.45. The largest absolute Gasteiger partial charge is 0.326 e. The van der Waals surface area contributed by atoms with Gasteiger partial charge in [0.2, 0.25) is 15.9 Å². The second kappa shape index (κ2) is 6.82. The van der Waals surface area contributed by atoms with Crippen LogP contribution in [0, 0.1) is 23.7 Å². The Morgan fingerprint density at radius 1 is 1.15 bits per heavy atom. The first-order valence-corrected chi connectivity index (χ1v) is 11.0. The lowest BCUT2D eigenvalue weighted by Gasteiger charge is -2.30. The van der Waals surface area contributed by atoms with Gasteiger partial charge in [0, 0.05) is 24.7 Å². The Hall–Kier alpha value is -1.66. The lowest BCUT2D eigenvalue weighted by atomic mass is 9.93. The van der Waals surface area contributed by atoms with Crippen molar-refractivity contribution < 1.29 is 13.2 Å². The summed E-state index contributed by atoms with van der Waals surface area (Å²) >= 11 is 0. The lowest BCUT2D eigenvalue weighted by molar-refractivity contribution is -0.120. The highest BCUT2D eigenvalue weighted by molar-refractivity contribution is 7.89. The number of sulfonamides is 1. The number of hydrogen-bond acceptors (Lipinski definition) is 3. The fourth-order valence-corrected chi connectivity index (χ4v) is 6.14. The molecule has 0 unspecified atom stereocenters. The van der Waals surface area contributed by atoms with Crippen LogP contribution in [0.5, 0.6) is 0 Å². The number of nitrogens with zero attached hydrogens (tertiary/aromatic N) is 1. The van der Waals surface area contributed by atoms with E-state index in [0.29, 0.717) is 41.4 Å². The van der Waals surface area contributed by atoms with Crippen molar-refractivity contribution >= 4 is 21.6 Å². The van der Waals surface area contributed by atoms with Gasteiger partial charge in [-0.3, -0.25) is 4.79 Å². The number of amides is 1. The summed E-state index contributed by atoms with van der Waals surface area (Å²) in [7, 11) is -3.45. The predicted molar refractivity (Wildman–Crippen MR) is 101 cm³/mol. The number of benzene rings is 1. The molecule has 4 atom stereocenters. The topological polar surface area (TPSA) is 66.5 Å². The molecular weight excluding hydrogens is 348 g/mol. The third-order valence-electron chi connectivity index (χ3n) is 6.00. The number of hydrogen-bond donors (Lipinski definition) is 1. The maximum Gasteiger partial charge on any atom is 0.243 e. The third-order valence-corrected chi connectivity index (χ3v) is 7.87. The minimum absolute atomic E-state index is 0.0438. The van der Waals surface area contributed by atoms with Gasteiger partial charge in [0.15, 0.2) is 0 Å². The van der Waals surface area contributed by atoms with Crippen molar-refractivity contribution in [3.8, 4) is 0 Å². The highest BCUT2D eigenvalue weighted by Gasteiger charge is 2.39. The standard InChI is InChI=1S/C20H26N2O3S/c1-14-3-2-10-22(13-14)26(24,25)18-8-6-17(7-9-18)21-20(23)19-12-15-4-5-16(19)11-15/h4-9,14-16,19H,2-3,10-13H2,1H3,(H,21,23)/t14-,15-,16-,19-/m0/s1. The van der Waals surface area contributed by atoms with E-state index in [-0.39, 0.29) is 11.8 Å². The number of rotatable bonds is 4. The van der Waals surface area contributed by atoms with Crippen LogP contribution in [0.1, 0.15) is 32.6 Å². The molecule has 1 aliphatic heterocycles. The van der Waals surface area contributed by atoms with E-state index in [1.807, 2.05) is 0 Å². The van der Waals surface area contributed by atoms with Crippen LogP contribution in [0.3, 0.4) is 0 Å². The molecule has 2 aliphatic carbocycles. The normalized spacial score (nSPS) is 31.3. The van der Waals surface area contributed by atoms with Crippen molar-refractivity contribution in [2.45, 2.75) is 37.5 Å². The molecule has 0 radical (unpaired) electrons. The molecule has 5 nitrogen and oxygen atoms in total. The lowest BCUT2D eigenvalue weighted by Crippen LogP contribution is -2.39. The number of carbonyl (C=O) groups excluding carboxylic acids is 1. The Morgan fingerprint density at radius 3 is 2.54 bits per heavy atom. The van der Waals surface area contributed by atoms with Crippen molar-refractivity contribution in [2.24, 2.45) is 23.7 Å². The second-order valence-corrected chi connectivity index (χ2v) is 9.95. The first-order chi connectivity index (χ1) is 12.4. The van der Waals surface area contributed by atoms with Crippen LogP contribution < -0.4 is 5.32 Å². The van der Waals surface area contributed by atoms with Crippen LogP contribution in [0.15, 0.2) is 41.3 Å². The summed E-state index contributed by atoms with van der Waals surface area (Å²) in [4.78, 5) is 12.8. The van der Waals surface area contributed by atoms with Crippen LogP contribution in [0.25, 0.3) is 0 Å². The molecule has 2 bridgehead atoms. The second-order valence-electron chi connectivity index (χ2n) is 8.01. The SMILES string of the molecule is C[C@H]1CCCN(S(=O)(=O)c2ccc(NC(=O)[C@H]3C[C@H]4C=C[C@H]3C4)cc2)C1. The Kier molecular flexibility index (Phi) is 4.65. The number of anilines is 1. The van der Waals surface area contributed by atoms with Gasteiger partial charge in [0.25, 0.3) is 0 Å². The maximum atomic E-state index is 12.8. The first kappa shape index (κ1) is 17.7. The highest BCUT2D eigenvalue weighted by atomic mass is 32.2. The summed E-state index contributed by atoms with van der Waals surface area (Å²) in [6.45, 7) is 3.26. The monoisotopic (exact) mass is 374 g/mol. The molecule has 1 N–H and O–H groups in total. The van der Waals surface area contributed by atoms with Gasteiger partial charge >= 0.3 is 0 Å². The maximum absolute atomic E-state index is 12.8.